The quantitative estimate of drug-likeness (QED) is 0.687. The van der Waals surface area contributed by atoms with Crippen molar-refractivity contribution in [3.63, 3.8) is 0 Å². The van der Waals surface area contributed by atoms with E-state index in [-0.39, 0.29) is 17.8 Å². The zero-order chi connectivity index (χ0) is 18.3. The van der Waals surface area contributed by atoms with Crippen molar-refractivity contribution in [2.24, 2.45) is 0 Å². The fourth-order valence-electron chi connectivity index (χ4n) is 3.69. The Morgan fingerprint density at radius 1 is 1.23 bits per heavy atom. The summed E-state index contributed by atoms with van der Waals surface area (Å²) in [5, 5.41) is 4.80. The van der Waals surface area contributed by atoms with Gasteiger partial charge in [-0.3, -0.25) is 9.78 Å². The highest BCUT2D eigenvalue weighted by Gasteiger charge is 2.31. The topological polar surface area (TPSA) is 59.2 Å². The first-order chi connectivity index (χ1) is 12.5. The lowest BCUT2D eigenvalue weighted by atomic mass is 9.97. The largest absolute Gasteiger partial charge is 0.361 e. The molecule has 1 amide bonds. The number of hydrogen-bond acceptors (Lipinski definition) is 4. The molecule has 134 valence electrons. The van der Waals surface area contributed by atoms with Crippen LogP contribution in [0.2, 0.25) is 0 Å². The maximum Gasteiger partial charge on any atom is 0.255 e. The maximum absolute atomic E-state index is 13.6. The number of aromatic nitrogens is 2. The molecule has 0 radical (unpaired) electrons. The number of benzene rings is 1. The summed E-state index contributed by atoms with van der Waals surface area (Å²) in [5.74, 6) is 0.305. The zero-order valence-corrected chi connectivity index (χ0v) is 14.8. The molecule has 6 heteroatoms. The summed E-state index contributed by atoms with van der Waals surface area (Å²) in [6, 6.07) is 7.93. The number of nitrogens with zero attached hydrogens (tertiary/aromatic N) is 3. The highest BCUT2D eigenvalue weighted by molar-refractivity contribution is 6.06. The van der Waals surface area contributed by atoms with E-state index in [1.807, 2.05) is 24.8 Å². The average molecular weight is 353 g/mol. The molecule has 0 spiro atoms. The summed E-state index contributed by atoms with van der Waals surface area (Å²) in [7, 11) is 0. The Labute approximate surface area is 150 Å². The fraction of sp³-hybridized carbons (Fsp3) is 0.350. The third-order valence-corrected chi connectivity index (χ3v) is 4.88. The normalized spacial score (nSPS) is 17.7. The van der Waals surface area contributed by atoms with Gasteiger partial charge in [0, 0.05) is 29.8 Å². The molecule has 0 saturated carbocycles. The molecular formula is C20H20FN3O2. The third-order valence-electron chi connectivity index (χ3n) is 4.88. The van der Waals surface area contributed by atoms with Crippen LogP contribution in [-0.2, 0) is 0 Å². The number of carbonyl (C=O) groups is 1. The predicted octanol–water partition coefficient (Wildman–Crippen LogP) is 4.35. The van der Waals surface area contributed by atoms with Gasteiger partial charge in [-0.2, -0.15) is 0 Å². The van der Waals surface area contributed by atoms with Gasteiger partial charge in [-0.15, -0.1) is 0 Å². The first-order valence-electron chi connectivity index (χ1n) is 8.84. The number of hydrogen-bond donors (Lipinski definition) is 0. The second-order valence-electron chi connectivity index (χ2n) is 6.85. The lowest BCUT2D eigenvalue weighted by molar-refractivity contribution is 0.0603. The molecule has 1 fully saturated rings. The van der Waals surface area contributed by atoms with E-state index in [9.17, 15) is 9.18 Å². The van der Waals surface area contributed by atoms with Crippen molar-refractivity contribution in [2.45, 2.75) is 39.2 Å². The highest BCUT2D eigenvalue weighted by atomic mass is 19.1. The van der Waals surface area contributed by atoms with Gasteiger partial charge in [-0.05, 0) is 51.3 Å². The second-order valence-corrected chi connectivity index (χ2v) is 6.85. The second kappa shape index (κ2) is 6.52. The predicted molar refractivity (Wildman–Crippen MR) is 95.3 cm³/mol. The molecule has 0 unspecified atom stereocenters. The Kier molecular flexibility index (Phi) is 4.18. The molecule has 0 aliphatic carbocycles. The molecule has 1 aliphatic rings. The number of carbonyl (C=O) groups excluding carboxylic acids is 1. The Morgan fingerprint density at radius 3 is 2.85 bits per heavy atom. The van der Waals surface area contributed by atoms with Crippen molar-refractivity contribution < 1.29 is 13.7 Å². The van der Waals surface area contributed by atoms with Crippen molar-refractivity contribution in [2.75, 3.05) is 6.54 Å². The van der Waals surface area contributed by atoms with Crippen molar-refractivity contribution in [1.29, 1.82) is 0 Å². The molecule has 1 aliphatic heterocycles. The standard InChI is InChI=1S/C20H20FN3O2/c1-12-9-16(15-7-6-14(21)11-17(15)22-12)20(25)24-8-4-3-5-19(24)18-10-13(2)26-23-18/h6-7,9-11,19H,3-5,8H2,1-2H3/t19-/m0/s1. The van der Waals surface area contributed by atoms with Crippen LogP contribution in [0, 0.1) is 19.7 Å². The van der Waals surface area contributed by atoms with Crippen LogP contribution in [0.15, 0.2) is 34.9 Å². The van der Waals surface area contributed by atoms with Gasteiger partial charge < -0.3 is 9.42 Å². The van der Waals surface area contributed by atoms with E-state index < -0.39 is 0 Å². The summed E-state index contributed by atoms with van der Waals surface area (Å²) in [6.45, 7) is 4.33. The van der Waals surface area contributed by atoms with Crippen molar-refractivity contribution in [1.82, 2.24) is 15.0 Å². The van der Waals surface area contributed by atoms with Gasteiger partial charge in [-0.25, -0.2) is 4.39 Å². The monoisotopic (exact) mass is 353 g/mol. The van der Waals surface area contributed by atoms with Crippen molar-refractivity contribution in [3.8, 4) is 0 Å². The zero-order valence-electron chi connectivity index (χ0n) is 14.8. The Balaban J connectivity index is 1.77. The average Bonchev–Trinajstić information content (AvgIpc) is 3.06. The van der Waals surface area contributed by atoms with E-state index in [1.165, 1.54) is 12.1 Å². The molecule has 1 atom stereocenters. The minimum atomic E-state index is -0.358. The number of rotatable bonds is 2. The van der Waals surface area contributed by atoms with Crippen molar-refractivity contribution in [3.05, 3.63) is 58.9 Å². The molecule has 26 heavy (non-hydrogen) atoms. The van der Waals surface area contributed by atoms with Gasteiger partial charge in [-0.1, -0.05) is 5.16 Å². The SMILES string of the molecule is Cc1cc(C(=O)N2CCCC[C@H]2c2cc(C)on2)c2ccc(F)cc2n1. The molecule has 3 heterocycles. The molecule has 3 aromatic rings. The molecule has 1 aromatic carbocycles. The number of amides is 1. The molecule has 0 bridgehead atoms. The van der Waals surface area contributed by atoms with Crippen LogP contribution in [-0.4, -0.2) is 27.5 Å². The minimum absolute atomic E-state index is 0.0718. The van der Waals surface area contributed by atoms with E-state index in [1.54, 1.807) is 12.1 Å². The van der Waals surface area contributed by atoms with Crippen LogP contribution >= 0.6 is 0 Å². The first-order valence-corrected chi connectivity index (χ1v) is 8.84. The van der Waals surface area contributed by atoms with Crippen LogP contribution in [0.3, 0.4) is 0 Å². The number of aryl methyl sites for hydroxylation is 2. The van der Waals surface area contributed by atoms with E-state index in [0.29, 0.717) is 28.7 Å². The lowest BCUT2D eigenvalue weighted by Gasteiger charge is -2.34. The van der Waals surface area contributed by atoms with E-state index in [0.717, 1.165) is 30.7 Å². The van der Waals surface area contributed by atoms with Crippen LogP contribution in [0.1, 0.15) is 52.8 Å². The van der Waals surface area contributed by atoms with Crippen LogP contribution in [0.4, 0.5) is 4.39 Å². The Hall–Kier alpha value is -2.76. The Bertz CT molecular complexity index is 977. The molecule has 5 nitrogen and oxygen atoms in total. The number of piperidine rings is 1. The number of fused-ring (bicyclic) bond motifs is 1. The van der Waals surface area contributed by atoms with E-state index in [2.05, 4.69) is 10.1 Å². The van der Waals surface area contributed by atoms with E-state index >= 15 is 0 Å². The van der Waals surface area contributed by atoms with Crippen LogP contribution in [0.5, 0.6) is 0 Å². The third kappa shape index (κ3) is 2.96. The van der Waals surface area contributed by atoms with Gasteiger partial charge in [0.25, 0.3) is 5.91 Å². The smallest absolute Gasteiger partial charge is 0.255 e. The van der Waals surface area contributed by atoms with Gasteiger partial charge >= 0.3 is 0 Å². The van der Waals surface area contributed by atoms with Gasteiger partial charge in [0.1, 0.15) is 17.3 Å². The summed E-state index contributed by atoms with van der Waals surface area (Å²) in [6.07, 6.45) is 2.85. The summed E-state index contributed by atoms with van der Waals surface area (Å²) in [5.41, 5.74) is 2.53. The van der Waals surface area contributed by atoms with Gasteiger partial charge in [0.15, 0.2) is 0 Å². The lowest BCUT2D eigenvalue weighted by Crippen LogP contribution is -2.38. The number of halogens is 1. The molecule has 0 N–H and O–H groups in total. The fourth-order valence-corrected chi connectivity index (χ4v) is 3.69. The van der Waals surface area contributed by atoms with Crippen LogP contribution < -0.4 is 0 Å². The molecule has 2 aromatic heterocycles. The number of likely N-dealkylation sites (tertiary alicyclic amines) is 1. The number of pyridine rings is 1. The van der Waals surface area contributed by atoms with E-state index in [4.69, 9.17) is 4.52 Å². The molecule has 1 saturated heterocycles. The molecular weight excluding hydrogens is 333 g/mol. The summed E-state index contributed by atoms with van der Waals surface area (Å²) in [4.78, 5) is 19.6. The first kappa shape index (κ1) is 16.7. The summed E-state index contributed by atoms with van der Waals surface area (Å²) >= 11 is 0. The van der Waals surface area contributed by atoms with Gasteiger partial charge in [0.2, 0.25) is 0 Å². The molecule has 4 rings (SSSR count). The minimum Gasteiger partial charge on any atom is -0.361 e. The van der Waals surface area contributed by atoms with Gasteiger partial charge in [0.05, 0.1) is 17.1 Å². The van der Waals surface area contributed by atoms with Crippen LogP contribution in [0.25, 0.3) is 10.9 Å². The Morgan fingerprint density at radius 2 is 2.08 bits per heavy atom. The summed E-state index contributed by atoms with van der Waals surface area (Å²) < 4.78 is 18.8. The highest BCUT2D eigenvalue weighted by Crippen LogP contribution is 2.33. The van der Waals surface area contributed by atoms with Crippen molar-refractivity contribution >= 4 is 16.8 Å². The maximum atomic E-state index is 13.6.